The van der Waals surface area contributed by atoms with Crippen LogP contribution in [0.15, 0.2) is 60.9 Å². The Bertz CT molecular complexity index is 1640. The first-order chi connectivity index (χ1) is 22.1. The smallest absolute Gasteiger partial charge is 0.326 e. The van der Waals surface area contributed by atoms with Crippen LogP contribution in [0, 0.1) is 5.92 Å². The van der Waals surface area contributed by atoms with Gasteiger partial charge in [0.15, 0.2) is 0 Å². The summed E-state index contributed by atoms with van der Waals surface area (Å²) in [7, 11) is 0. The van der Waals surface area contributed by atoms with Crippen LogP contribution >= 0.6 is 0 Å². The average Bonchev–Trinajstić information content (AvgIpc) is 3.63. The lowest BCUT2D eigenvalue weighted by Gasteiger charge is -2.25. The standard InChI is InChI=1S/C34H45N7O5/c1-20(2)15-25(36)31(42)40-29(16-21-18-37-26-11-5-3-9-23(21)26)33(44)41-30(17-22-19-38-27-12-6-4-10-24(22)27)32(43)39-28(34(45)46)13-7-8-14-35/h3-6,9-12,18-20,25,28-30,37-38H,7-8,13-17,35-36H2,1-2H3,(H,39,43)(H,40,42)(H,41,44)(H,45,46). The largest absolute Gasteiger partial charge is 0.480 e. The molecule has 0 aliphatic rings. The maximum Gasteiger partial charge on any atom is 0.326 e. The third-order valence-corrected chi connectivity index (χ3v) is 8.09. The number of aromatic amines is 2. The normalized spacial score (nSPS) is 14.1. The summed E-state index contributed by atoms with van der Waals surface area (Å²) in [6, 6.07) is 11.0. The van der Waals surface area contributed by atoms with E-state index < -0.39 is 47.9 Å². The Balaban J connectivity index is 1.62. The maximum absolute atomic E-state index is 14.0. The van der Waals surface area contributed by atoms with Gasteiger partial charge in [0.2, 0.25) is 17.7 Å². The van der Waals surface area contributed by atoms with Gasteiger partial charge in [-0.1, -0.05) is 50.2 Å². The summed E-state index contributed by atoms with van der Waals surface area (Å²) >= 11 is 0. The van der Waals surface area contributed by atoms with Crippen LogP contribution in [-0.4, -0.2) is 69.5 Å². The van der Waals surface area contributed by atoms with Gasteiger partial charge in [-0.2, -0.15) is 0 Å². The zero-order valence-electron chi connectivity index (χ0n) is 26.3. The Hall–Kier alpha value is -4.68. The van der Waals surface area contributed by atoms with Crippen LogP contribution in [0.5, 0.6) is 0 Å². The van der Waals surface area contributed by atoms with E-state index in [1.165, 1.54) is 0 Å². The first-order valence-electron chi connectivity index (χ1n) is 15.8. The molecule has 4 atom stereocenters. The molecule has 12 heteroatoms. The van der Waals surface area contributed by atoms with Crippen LogP contribution < -0.4 is 27.4 Å². The van der Waals surface area contributed by atoms with Crippen LogP contribution in [0.4, 0.5) is 0 Å². The highest BCUT2D eigenvalue weighted by Gasteiger charge is 2.31. The molecule has 10 N–H and O–H groups in total. The molecule has 0 radical (unpaired) electrons. The molecule has 4 aromatic rings. The van der Waals surface area contributed by atoms with Crippen molar-refractivity contribution in [3.05, 3.63) is 72.1 Å². The van der Waals surface area contributed by atoms with Crippen molar-refractivity contribution in [1.29, 1.82) is 0 Å². The van der Waals surface area contributed by atoms with Crippen molar-refractivity contribution in [2.45, 2.75) is 76.5 Å². The van der Waals surface area contributed by atoms with Gasteiger partial charge in [0.25, 0.3) is 0 Å². The van der Waals surface area contributed by atoms with Gasteiger partial charge in [-0.05, 0) is 61.4 Å². The minimum atomic E-state index is -1.17. The van der Waals surface area contributed by atoms with Crippen molar-refractivity contribution >= 4 is 45.5 Å². The van der Waals surface area contributed by atoms with Crippen LogP contribution in [0.3, 0.4) is 0 Å². The molecule has 4 rings (SSSR count). The van der Waals surface area contributed by atoms with Crippen LogP contribution in [0.2, 0.25) is 0 Å². The lowest BCUT2D eigenvalue weighted by Crippen LogP contribution is -2.58. The van der Waals surface area contributed by atoms with Crippen molar-refractivity contribution in [1.82, 2.24) is 25.9 Å². The van der Waals surface area contributed by atoms with Gasteiger partial charge in [0, 0.05) is 47.0 Å². The predicted molar refractivity (Wildman–Crippen MR) is 178 cm³/mol. The molecular formula is C34H45N7O5. The summed E-state index contributed by atoms with van der Waals surface area (Å²) in [4.78, 5) is 59.3. The number of H-pyrrole nitrogens is 2. The van der Waals surface area contributed by atoms with Gasteiger partial charge in [-0.3, -0.25) is 14.4 Å². The van der Waals surface area contributed by atoms with Crippen molar-refractivity contribution < 1.29 is 24.3 Å². The number of aromatic nitrogens is 2. The van der Waals surface area contributed by atoms with E-state index >= 15 is 0 Å². The number of hydrogen-bond donors (Lipinski definition) is 8. The van der Waals surface area contributed by atoms with E-state index in [1.807, 2.05) is 62.4 Å². The fourth-order valence-corrected chi connectivity index (χ4v) is 5.65. The third-order valence-electron chi connectivity index (χ3n) is 8.09. The summed E-state index contributed by atoms with van der Waals surface area (Å²) in [6.07, 6.45) is 5.53. The SMILES string of the molecule is CC(C)CC(N)C(=O)NC(Cc1c[nH]c2ccccc12)C(=O)NC(Cc1c[nH]c2ccccc12)C(=O)NC(CCCCN)C(=O)O. The Labute approximate surface area is 268 Å². The molecule has 0 aliphatic carbocycles. The molecule has 2 heterocycles. The minimum Gasteiger partial charge on any atom is -0.480 e. The number of para-hydroxylation sites is 2. The highest BCUT2D eigenvalue weighted by atomic mass is 16.4. The molecule has 12 nitrogen and oxygen atoms in total. The molecule has 46 heavy (non-hydrogen) atoms. The fraction of sp³-hybridized carbons (Fsp3) is 0.412. The third kappa shape index (κ3) is 8.95. The lowest BCUT2D eigenvalue weighted by atomic mass is 10.00. The summed E-state index contributed by atoms with van der Waals surface area (Å²) in [5.74, 6) is -2.72. The number of nitrogens with two attached hydrogens (primary N) is 2. The summed E-state index contributed by atoms with van der Waals surface area (Å²) in [6.45, 7) is 4.32. The number of aliphatic carboxylic acids is 1. The Kier molecular flexibility index (Phi) is 11.9. The van der Waals surface area contributed by atoms with Gasteiger partial charge in [0.1, 0.15) is 18.1 Å². The van der Waals surface area contributed by atoms with E-state index in [4.69, 9.17) is 11.5 Å². The molecule has 2 aromatic carbocycles. The first kappa shape index (κ1) is 34.2. The Morgan fingerprint density at radius 1 is 0.739 bits per heavy atom. The van der Waals surface area contributed by atoms with Crippen molar-refractivity contribution in [3.63, 3.8) is 0 Å². The molecule has 0 bridgehead atoms. The van der Waals surface area contributed by atoms with Crippen LogP contribution in [0.1, 0.15) is 50.7 Å². The zero-order valence-corrected chi connectivity index (χ0v) is 26.3. The van der Waals surface area contributed by atoms with E-state index in [0.29, 0.717) is 25.8 Å². The van der Waals surface area contributed by atoms with E-state index in [-0.39, 0.29) is 25.2 Å². The number of fused-ring (bicyclic) bond motifs is 2. The molecule has 3 amide bonds. The van der Waals surface area contributed by atoms with Crippen molar-refractivity contribution in [2.24, 2.45) is 17.4 Å². The van der Waals surface area contributed by atoms with Crippen LogP contribution in [-0.2, 0) is 32.0 Å². The molecule has 0 fully saturated rings. The number of unbranched alkanes of at least 4 members (excludes halogenated alkanes) is 1. The molecule has 0 saturated carbocycles. The number of benzene rings is 2. The molecular weight excluding hydrogens is 586 g/mol. The zero-order chi connectivity index (χ0) is 33.2. The monoisotopic (exact) mass is 631 g/mol. The van der Waals surface area contributed by atoms with E-state index in [1.54, 1.807) is 12.4 Å². The highest BCUT2D eigenvalue weighted by Crippen LogP contribution is 2.21. The highest BCUT2D eigenvalue weighted by molar-refractivity contribution is 5.95. The van der Waals surface area contributed by atoms with Crippen molar-refractivity contribution in [3.8, 4) is 0 Å². The molecule has 0 aliphatic heterocycles. The summed E-state index contributed by atoms with van der Waals surface area (Å²) in [5.41, 5.74) is 15.1. The van der Waals surface area contributed by atoms with Gasteiger partial charge in [-0.15, -0.1) is 0 Å². The second kappa shape index (κ2) is 16.1. The first-order valence-corrected chi connectivity index (χ1v) is 15.8. The number of amides is 3. The molecule has 246 valence electrons. The second-order valence-electron chi connectivity index (χ2n) is 12.2. The van der Waals surface area contributed by atoms with Gasteiger partial charge < -0.3 is 42.5 Å². The molecule has 0 spiro atoms. The lowest BCUT2D eigenvalue weighted by molar-refractivity contribution is -0.142. The van der Waals surface area contributed by atoms with Gasteiger partial charge in [-0.25, -0.2) is 4.79 Å². The van der Waals surface area contributed by atoms with Gasteiger partial charge >= 0.3 is 5.97 Å². The minimum absolute atomic E-state index is 0.0807. The van der Waals surface area contributed by atoms with E-state index in [2.05, 4.69) is 25.9 Å². The predicted octanol–water partition coefficient (Wildman–Crippen LogP) is 2.48. The number of nitrogens with one attached hydrogen (secondary N) is 5. The summed E-state index contributed by atoms with van der Waals surface area (Å²) < 4.78 is 0. The number of carbonyl (C=O) groups excluding carboxylic acids is 3. The number of carbonyl (C=O) groups is 4. The van der Waals surface area contributed by atoms with E-state index in [0.717, 1.165) is 32.9 Å². The number of rotatable bonds is 17. The van der Waals surface area contributed by atoms with E-state index in [9.17, 15) is 24.3 Å². The molecule has 4 unspecified atom stereocenters. The summed E-state index contributed by atoms with van der Waals surface area (Å²) in [5, 5.41) is 19.8. The average molecular weight is 632 g/mol. The van der Waals surface area contributed by atoms with Gasteiger partial charge in [0.05, 0.1) is 6.04 Å². The topological polar surface area (TPSA) is 208 Å². The number of carboxylic acid groups (broad SMARTS) is 1. The Morgan fingerprint density at radius 3 is 1.70 bits per heavy atom. The molecule has 2 aromatic heterocycles. The van der Waals surface area contributed by atoms with Crippen LogP contribution in [0.25, 0.3) is 21.8 Å². The fourth-order valence-electron chi connectivity index (χ4n) is 5.65. The number of hydrogen-bond acceptors (Lipinski definition) is 6. The second-order valence-corrected chi connectivity index (χ2v) is 12.2. The maximum atomic E-state index is 14.0. The Morgan fingerprint density at radius 2 is 1.22 bits per heavy atom. The quantitative estimate of drug-likeness (QED) is 0.0816. The number of carboxylic acids is 1. The van der Waals surface area contributed by atoms with Crippen molar-refractivity contribution in [2.75, 3.05) is 6.54 Å². The molecule has 0 saturated heterocycles.